The molecule has 0 bridgehead atoms. The second-order valence-corrected chi connectivity index (χ2v) is 5.72. The molecule has 0 aromatic heterocycles. The van der Waals surface area contributed by atoms with Crippen molar-refractivity contribution in [2.75, 3.05) is 13.1 Å². The first kappa shape index (κ1) is 12.7. The minimum Gasteiger partial charge on any atom is -0.316 e. The quantitative estimate of drug-likeness (QED) is 0.858. The largest absolute Gasteiger partial charge is 0.316 e. The molecule has 1 N–H and O–H groups in total. The van der Waals surface area contributed by atoms with Gasteiger partial charge in [0.05, 0.1) is 0 Å². The lowest BCUT2D eigenvalue weighted by atomic mass is 9.77. The molecule has 3 rings (SSSR count). The number of piperidine rings is 1. The molecule has 0 amide bonds. The smallest absolute Gasteiger partial charge is 0.00147 e. The Morgan fingerprint density at radius 2 is 1.95 bits per heavy atom. The van der Waals surface area contributed by atoms with E-state index >= 15 is 0 Å². The summed E-state index contributed by atoms with van der Waals surface area (Å²) in [5.41, 5.74) is 1.57. The maximum atomic E-state index is 3.57. The van der Waals surface area contributed by atoms with Gasteiger partial charge in [0.2, 0.25) is 0 Å². The molecule has 0 radical (unpaired) electrons. The van der Waals surface area contributed by atoms with E-state index in [0.29, 0.717) is 0 Å². The molecule has 0 saturated carbocycles. The van der Waals surface area contributed by atoms with Crippen LogP contribution in [-0.4, -0.2) is 13.1 Å². The van der Waals surface area contributed by atoms with Crippen molar-refractivity contribution in [2.45, 2.75) is 32.1 Å². The number of fused-ring (bicyclic) bond motifs is 1. The van der Waals surface area contributed by atoms with Crippen molar-refractivity contribution in [2.24, 2.45) is 5.92 Å². The van der Waals surface area contributed by atoms with E-state index in [1.54, 1.807) is 5.56 Å². The van der Waals surface area contributed by atoms with Crippen LogP contribution in [0.1, 0.15) is 37.7 Å². The summed E-state index contributed by atoms with van der Waals surface area (Å²) in [5.74, 6) is 1.52. The Labute approximate surface area is 116 Å². The van der Waals surface area contributed by atoms with Gasteiger partial charge < -0.3 is 5.32 Å². The fraction of sp³-hybridized carbons (Fsp3) is 0.444. The molecule has 0 aliphatic carbocycles. The van der Waals surface area contributed by atoms with Crippen LogP contribution in [0.25, 0.3) is 10.8 Å². The summed E-state index contributed by atoms with van der Waals surface area (Å²) in [7, 11) is 0. The Kier molecular flexibility index (Phi) is 3.84. The zero-order valence-electron chi connectivity index (χ0n) is 11.7. The molecule has 1 nitrogen and oxygen atoms in total. The summed E-state index contributed by atoms with van der Waals surface area (Å²) < 4.78 is 0. The molecule has 1 aliphatic heterocycles. The van der Waals surface area contributed by atoms with Gasteiger partial charge in [0.15, 0.2) is 0 Å². The van der Waals surface area contributed by atoms with Gasteiger partial charge in [-0.15, -0.1) is 0 Å². The number of nitrogens with one attached hydrogen (secondary N) is 1. The fourth-order valence-corrected chi connectivity index (χ4v) is 3.58. The molecule has 1 fully saturated rings. The molecule has 1 saturated heterocycles. The van der Waals surface area contributed by atoms with Crippen molar-refractivity contribution in [3.05, 3.63) is 48.0 Å². The minimum absolute atomic E-state index is 0.729. The number of hydrogen-bond donors (Lipinski definition) is 1. The average Bonchev–Trinajstić information content (AvgIpc) is 2.48. The van der Waals surface area contributed by atoms with Crippen LogP contribution in [0.4, 0.5) is 0 Å². The maximum Gasteiger partial charge on any atom is -0.00147 e. The molecule has 1 heteroatoms. The van der Waals surface area contributed by atoms with Crippen LogP contribution in [0.2, 0.25) is 0 Å². The van der Waals surface area contributed by atoms with Gasteiger partial charge >= 0.3 is 0 Å². The van der Waals surface area contributed by atoms with E-state index in [-0.39, 0.29) is 0 Å². The Balaban J connectivity index is 2.02. The SMILES string of the molecule is CCCC1CNCCC1c1cccc2ccccc12. The standard InChI is InChI=1S/C18H23N/c1-2-6-15-13-19-12-11-17(15)18-10-5-8-14-7-3-4-9-16(14)18/h3-5,7-10,15,17,19H,2,6,11-13H2,1H3. The minimum atomic E-state index is 0.729. The average molecular weight is 253 g/mol. The van der Waals surface area contributed by atoms with Crippen LogP contribution in [0.15, 0.2) is 42.5 Å². The summed E-state index contributed by atoms with van der Waals surface area (Å²) in [6.07, 6.45) is 3.90. The summed E-state index contributed by atoms with van der Waals surface area (Å²) in [4.78, 5) is 0. The molecule has 0 spiro atoms. The zero-order chi connectivity index (χ0) is 13.1. The molecule has 100 valence electrons. The predicted octanol–water partition coefficient (Wildman–Crippen LogP) is 4.33. The summed E-state index contributed by atoms with van der Waals surface area (Å²) >= 11 is 0. The van der Waals surface area contributed by atoms with Gasteiger partial charge in [0.1, 0.15) is 0 Å². The van der Waals surface area contributed by atoms with Crippen LogP contribution in [0.3, 0.4) is 0 Å². The molecule has 2 aromatic rings. The number of benzene rings is 2. The van der Waals surface area contributed by atoms with E-state index in [9.17, 15) is 0 Å². The maximum absolute atomic E-state index is 3.57. The zero-order valence-corrected chi connectivity index (χ0v) is 11.7. The van der Waals surface area contributed by atoms with Crippen molar-refractivity contribution in [1.29, 1.82) is 0 Å². The topological polar surface area (TPSA) is 12.0 Å². The molecule has 2 aromatic carbocycles. The molecular weight excluding hydrogens is 230 g/mol. The van der Waals surface area contributed by atoms with Gasteiger partial charge in [0, 0.05) is 0 Å². The van der Waals surface area contributed by atoms with Gasteiger partial charge in [0.25, 0.3) is 0 Å². The molecular formula is C18H23N. The monoisotopic (exact) mass is 253 g/mol. The van der Waals surface area contributed by atoms with E-state index < -0.39 is 0 Å². The summed E-state index contributed by atoms with van der Waals surface area (Å²) in [5, 5.41) is 6.41. The van der Waals surface area contributed by atoms with E-state index in [0.717, 1.165) is 18.4 Å². The second kappa shape index (κ2) is 5.75. The lowest BCUT2D eigenvalue weighted by molar-refractivity contribution is 0.308. The molecule has 19 heavy (non-hydrogen) atoms. The van der Waals surface area contributed by atoms with Crippen molar-refractivity contribution in [1.82, 2.24) is 5.32 Å². The molecule has 2 atom stereocenters. The Morgan fingerprint density at radius 3 is 2.84 bits per heavy atom. The highest BCUT2D eigenvalue weighted by Crippen LogP contribution is 2.36. The van der Waals surface area contributed by atoms with Crippen LogP contribution in [0.5, 0.6) is 0 Å². The van der Waals surface area contributed by atoms with Gasteiger partial charge in [-0.3, -0.25) is 0 Å². The van der Waals surface area contributed by atoms with Gasteiger partial charge in [-0.05, 0) is 54.1 Å². The lowest BCUT2D eigenvalue weighted by Crippen LogP contribution is -2.35. The Hall–Kier alpha value is -1.34. The van der Waals surface area contributed by atoms with Crippen molar-refractivity contribution >= 4 is 10.8 Å². The molecule has 2 unspecified atom stereocenters. The van der Waals surface area contributed by atoms with Crippen molar-refractivity contribution in [3.8, 4) is 0 Å². The summed E-state index contributed by atoms with van der Waals surface area (Å²) in [6, 6.07) is 15.6. The van der Waals surface area contributed by atoms with Crippen molar-refractivity contribution in [3.63, 3.8) is 0 Å². The van der Waals surface area contributed by atoms with Gasteiger partial charge in [-0.2, -0.15) is 0 Å². The summed E-state index contributed by atoms with van der Waals surface area (Å²) in [6.45, 7) is 4.64. The Morgan fingerprint density at radius 1 is 1.11 bits per heavy atom. The van der Waals surface area contributed by atoms with Crippen LogP contribution < -0.4 is 5.32 Å². The van der Waals surface area contributed by atoms with E-state index in [2.05, 4.69) is 54.7 Å². The predicted molar refractivity (Wildman–Crippen MR) is 82.6 cm³/mol. The third-order valence-corrected chi connectivity index (χ3v) is 4.49. The molecule has 1 aliphatic rings. The van der Waals surface area contributed by atoms with Crippen LogP contribution >= 0.6 is 0 Å². The highest BCUT2D eigenvalue weighted by atomic mass is 14.9. The van der Waals surface area contributed by atoms with E-state index in [4.69, 9.17) is 0 Å². The van der Waals surface area contributed by atoms with E-state index in [1.807, 2.05) is 0 Å². The highest BCUT2D eigenvalue weighted by molar-refractivity contribution is 5.86. The third-order valence-electron chi connectivity index (χ3n) is 4.49. The first-order chi connectivity index (χ1) is 9.40. The van der Waals surface area contributed by atoms with Crippen LogP contribution in [0, 0.1) is 5.92 Å². The number of rotatable bonds is 3. The fourth-order valence-electron chi connectivity index (χ4n) is 3.58. The van der Waals surface area contributed by atoms with Gasteiger partial charge in [-0.1, -0.05) is 55.8 Å². The van der Waals surface area contributed by atoms with Crippen LogP contribution in [-0.2, 0) is 0 Å². The second-order valence-electron chi connectivity index (χ2n) is 5.72. The van der Waals surface area contributed by atoms with E-state index in [1.165, 1.54) is 36.6 Å². The lowest BCUT2D eigenvalue weighted by Gasteiger charge is -2.33. The van der Waals surface area contributed by atoms with Gasteiger partial charge in [-0.25, -0.2) is 0 Å². The third kappa shape index (κ3) is 2.52. The molecule has 1 heterocycles. The Bertz CT molecular complexity index is 539. The first-order valence-corrected chi connectivity index (χ1v) is 7.58. The van der Waals surface area contributed by atoms with Crippen molar-refractivity contribution < 1.29 is 0 Å². The highest BCUT2D eigenvalue weighted by Gasteiger charge is 2.26. The number of hydrogen-bond acceptors (Lipinski definition) is 1. The normalized spacial score (nSPS) is 23.6. The first-order valence-electron chi connectivity index (χ1n) is 7.58.